The quantitative estimate of drug-likeness (QED) is 0.785. The zero-order valence-corrected chi connectivity index (χ0v) is 13.2. The molecule has 0 heterocycles. The Bertz CT molecular complexity index is 429. The number of aryl methyl sites for hydroxylation is 2. The molecule has 1 N–H and O–H groups in total. The molecule has 0 aliphatic carbocycles. The van der Waals surface area contributed by atoms with E-state index in [1.165, 1.54) is 5.56 Å². The first-order chi connectivity index (χ1) is 9.58. The molecule has 3 nitrogen and oxygen atoms in total. The number of benzene rings is 1. The average Bonchev–Trinajstić information content (AvgIpc) is 2.43. The first kappa shape index (κ1) is 16.5. The first-order valence-corrected chi connectivity index (χ1v) is 7.60. The smallest absolute Gasteiger partial charge is 0.261 e. The number of carbonyl (C=O) groups excluding carboxylic acids is 1. The lowest BCUT2D eigenvalue weighted by molar-refractivity contribution is -0.128. The van der Waals surface area contributed by atoms with Crippen molar-refractivity contribution in [3.05, 3.63) is 29.3 Å². The molecule has 1 unspecified atom stereocenters. The molecule has 0 saturated carbocycles. The van der Waals surface area contributed by atoms with Crippen LogP contribution < -0.4 is 10.1 Å². The largest absolute Gasteiger partial charge is 0.480 e. The third-order valence-corrected chi connectivity index (χ3v) is 3.26. The van der Waals surface area contributed by atoms with E-state index in [1.54, 1.807) is 0 Å². The predicted molar refractivity (Wildman–Crippen MR) is 83.2 cm³/mol. The summed E-state index contributed by atoms with van der Waals surface area (Å²) >= 11 is 0. The molecule has 0 saturated heterocycles. The van der Waals surface area contributed by atoms with Crippen molar-refractivity contribution < 1.29 is 9.53 Å². The highest BCUT2D eigenvalue weighted by atomic mass is 16.5. The lowest BCUT2D eigenvalue weighted by Crippen LogP contribution is -2.38. The summed E-state index contributed by atoms with van der Waals surface area (Å²) in [5, 5.41) is 2.93. The van der Waals surface area contributed by atoms with Gasteiger partial charge in [-0.15, -0.1) is 0 Å². The second-order valence-corrected chi connectivity index (χ2v) is 5.31. The van der Waals surface area contributed by atoms with E-state index >= 15 is 0 Å². The maximum absolute atomic E-state index is 12.2. The minimum absolute atomic E-state index is 0.000255. The normalized spacial score (nSPS) is 12.0. The van der Waals surface area contributed by atoms with Crippen molar-refractivity contribution in [3.8, 4) is 5.75 Å². The van der Waals surface area contributed by atoms with Crippen molar-refractivity contribution in [3.63, 3.8) is 0 Å². The van der Waals surface area contributed by atoms with Crippen LogP contribution in [0.3, 0.4) is 0 Å². The van der Waals surface area contributed by atoms with Gasteiger partial charge < -0.3 is 10.1 Å². The van der Waals surface area contributed by atoms with Crippen molar-refractivity contribution >= 4 is 5.91 Å². The fraction of sp³-hybridized carbons (Fsp3) is 0.588. The van der Waals surface area contributed by atoms with Crippen LogP contribution in [0, 0.1) is 13.8 Å². The molecular weight excluding hydrogens is 250 g/mol. The van der Waals surface area contributed by atoms with Crippen LogP contribution in [0.25, 0.3) is 0 Å². The molecule has 1 aromatic carbocycles. The lowest BCUT2D eigenvalue weighted by atomic mass is 10.1. The van der Waals surface area contributed by atoms with E-state index in [4.69, 9.17) is 4.74 Å². The molecule has 0 aliphatic heterocycles. The van der Waals surface area contributed by atoms with Gasteiger partial charge in [-0.3, -0.25) is 4.79 Å². The summed E-state index contributed by atoms with van der Waals surface area (Å²) in [4.78, 5) is 12.2. The van der Waals surface area contributed by atoms with E-state index in [0.717, 1.165) is 37.0 Å². The Balaban J connectivity index is 2.74. The monoisotopic (exact) mass is 277 g/mol. The second-order valence-electron chi connectivity index (χ2n) is 5.31. The van der Waals surface area contributed by atoms with E-state index in [0.29, 0.717) is 6.54 Å². The van der Waals surface area contributed by atoms with E-state index in [2.05, 4.69) is 25.2 Å². The Morgan fingerprint density at radius 3 is 2.60 bits per heavy atom. The van der Waals surface area contributed by atoms with Gasteiger partial charge in [0.25, 0.3) is 5.91 Å². The molecule has 20 heavy (non-hydrogen) atoms. The fourth-order valence-corrected chi connectivity index (χ4v) is 2.08. The van der Waals surface area contributed by atoms with E-state index in [1.807, 2.05) is 26.0 Å². The summed E-state index contributed by atoms with van der Waals surface area (Å²) in [5.74, 6) is 0.809. The summed E-state index contributed by atoms with van der Waals surface area (Å²) in [6.07, 6.45) is 3.38. The van der Waals surface area contributed by atoms with Crippen molar-refractivity contribution in [1.29, 1.82) is 0 Å². The molecule has 0 spiro atoms. The molecule has 0 aliphatic rings. The van der Waals surface area contributed by atoms with Crippen LogP contribution in [-0.2, 0) is 4.79 Å². The standard InChI is InChI=1S/C17H27NO2/c1-5-7-8-16(17(19)18-11-6-2)20-15-10-9-13(3)12-14(15)4/h9-10,12,16H,5-8,11H2,1-4H3,(H,18,19). The molecule has 0 fully saturated rings. The van der Waals surface area contributed by atoms with Gasteiger partial charge in [0.15, 0.2) is 6.10 Å². The minimum Gasteiger partial charge on any atom is -0.480 e. The lowest BCUT2D eigenvalue weighted by Gasteiger charge is -2.20. The Hall–Kier alpha value is -1.51. The van der Waals surface area contributed by atoms with Gasteiger partial charge in [0.05, 0.1) is 0 Å². The predicted octanol–water partition coefficient (Wildman–Crippen LogP) is 3.77. The van der Waals surface area contributed by atoms with Crippen molar-refractivity contribution in [2.24, 2.45) is 0 Å². The number of unbranched alkanes of at least 4 members (excludes halogenated alkanes) is 1. The molecule has 1 rings (SSSR count). The summed E-state index contributed by atoms with van der Waals surface area (Å²) < 4.78 is 5.95. The highest BCUT2D eigenvalue weighted by molar-refractivity contribution is 5.81. The van der Waals surface area contributed by atoms with Gasteiger partial charge in [0.1, 0.15) is 5.75 Å². The minimum atomic E-state index is -0.386. The van der Waals surface area contributed by atoms with Crippen LogP contribution in [0.4, 0.5) is 0 Å². The number of carbonyl (C=O) groups is 1. The molecule has 1 atom stereocenters. The number of amides is 1. The van der Waals surface area contributed by atoms with E-state index in [-0.39, 0.29) is 12.0 Å². The van der Waals surface area contributed by atoms with Crippen molar-refractivity contribution in [1.82, 2.24) is 5.32 Å². The number of ether oxygens (including phenoxy) is 1. The van der Waals surface area contributed by atoms with E-state index in [9.17, 15) is 4.79 Å². The molecular formula is C17H27NO2. The Morgan fingerprint density at radius 1 is 1.25 bits per heavy atom. The zero-order valence-electron chi connectivity index (χ0n) is 13.2. The molecule has 1 aromatic rings. The second kappa shape index (κ2) is 8.62. The molecule has 3 heteroatoms. The molecule has 0 bridgehead atoms. The van der Waals surface area contributed by atoms with Gasteiger partial charge in [0, 0.05) is 6.54 Å². The maximum Gasteiger partial charge on any atom is 0.261 e. The average molecular weight is 277 g/mol. The van der Waals surface area contributed by atoms with Crippen LogP contribution in [0.15, 0.2) is 18.2 Å². The van der Waals surface area contributed by atoms with Crippen LogP contribution in [0.1, 0.15) is 50.7 Å². The third kappa shape index (κ3) is 5.24. The SMILES string of the molecule is CCCCC(Oc1ccc(C)cc1C)C(=O)NCCC. The third-order valence-electron chi connectivity index (χ3n) is 3.26. The molecule has 1 amide bonds. The van der Waals surface area contributed by atoms with Gasteiger partial charge >= 0.3 is 0 Å². The van der Waals surface area contributed by atoms with Crippen LogP contribution in [0.5, 0.6) is 5.75 Å². The maximum atomic E-state index is 12.2. The molecule has 112 valence electrons. The van der Waals surface area contributed by atoms with Crippen LogP contribution in [-0.4, -0.2) is 18.6 Å². The van der Waals surface area contributed by atoms with Crippen molar-refractivity contribution in [2.75, 3.05) is 6.54 Å². The summed E-state index contributed by atoms with van der Waals surface area (Å²) in [6.45, 7) is 8.95. The number of nitrogens with one attached hydrogen (secondary N) is 1. The highest BCUT2D eigenvalue weighted by Crippen LogP contribution is 2.21. The topological polar surface area (TPSA) is 38.3 Å². The van der Waals surface area contributed by atoms with Gasteiger partial charge in [-0.1, -0.05) is 38.0 Å². The Morgan fingerprint density at radius 2 is 2.00 bits per heavy atom. The Labute approximate surface area is 122 Å². The van der Waals surface area contributed by atoms with Crippen LogP contribution in [0.2, 0.25) is 0 Å². The number of hydrogen-bond donors (Lipinski definition) is 1. The zero-order chi connectivity index (χ0) is 15.0. The first-order valence-electron chi connectivity index (χ1n) is 7.60. The summed E-state index contributed by atoms with van der Waals surface area (Å²) in [5.41, 5.74) is 2.28. The summed E-state index contributed by atoms with van der Waals surface area (Å²) in [6, 6.07) is 6.05. The van der Waals surface area contributed by atoms with Crippen LogP contribution >= 0.6 is 0 Å². The van der Waals surface area contributed by atoms with Gasteiger partial charge in [-0.2, -0.15) is 0 Å². The summed E-state index contributed by atoms with van der Waals surface area (Å²) in [7, 11) is 0. The van der Waals surface area contributed by atoms with Crippen molar-refractivity contribution in [2.45, 2.75) is 59.5 Å². The highest BCUT2D eigenvalue weighted by Gasteiger charge is 2.20. The molecule has 0 radical (unpaired) electrons. The van der Waals surface area contributed by atoms with Gasteiger partial charge in [0.2, 0.25) is 0 Å². The number of rotatable bonds is 8. The number of hydrogen-bond acceptors (Lipinski definition) is 2. The fourth-order valence-electron chi connectivity index (χ4n) is 2.08. The van der Waals surface area contributed by atoms with E-state index < -0.39 is 0 Å². The Kier molecular flexibility index (Phi) is 7.13. The van der Waals surface area contributed by atoms with Gasteiger partial charge in [-0.25, -0.2) is 0 Å². The molecule has 0 aromatic heterocycles. The van der Waals surface area contributed by atoms with Gasteiger partial charge in [-0.05, 0) is 44.7 Å².